The number of benzene rings is 1. The molecule has 5 aromatic rings. The van der Waals surface area contributed by atoms with Gasteiger partial charge in [-0.15, -0.1) is 11.3 Å². The fourth-order valence-corrected chi connectivity index (χ4v) is 4.66. The van der Waals surface area contributed by atoms with Crippen LogP contribution in [-0.4, -0.2) is 38.2 Å². The number of halogens is 1. The van der Waals surface area contributed by atoms with E-state index in [4.69, 9.17) is 9.97 Å². The van der Waals surface area contributed by atoms with E-state index < -0.39 is 0 Å². The van der Waals surface area contributed by atoms with Crippen LogP contribution in [0.5, 0.6) is 0 Å². The first-order valence-electron chi connectivity index (χ1n) is 9.76. The van der Waals surface area contributed by atoms with Gasteiger partial charge in [-0.2, -0.15) is 9.49 Å². The number of H-pyrrole nitrogens is 2. The molecule has 0 fully saturated rings. The van der Waals surface area contributed by atoms with Crippen molar-refractivity contribution in [2.24, 2.45) is 0 Å². The van der Waals surface area contributed by atoms with Crippen LogP contribution in [0.15, 0.2) is 48.5 Å². The minimum atomic E-state index is -0.208. The van der Waals surface area contributed by atoms with Crippen molar-refractivity contribution in [1.29, 1.82) is 0 Å². The van der Waals surface area contributed by atoms with Crippen molar-refractivity contribution in [3.63, 3.8) is 0 Å². The molecule has 8 heteroatoms. The molecule has 0 bridgehead atoms. The fourth-order valence-electron chi connectivity index (χ4n) is 3.90. The fraction of sp³-hybridized carbons (Fsp3) is 0.136. The summed E-state index contributed by atoms with van der Waals surface area (Å²) in [6, 6.07) is 13.2. The first kappa shape index (κ1) is 17.5. The second-order valence-corrected chi connectivity index (χ2v) is 8.27. The lowest BCUT2D eigenvalue weighted by atomic mass is 10.1. The minimum absolute atomic E-state index is 0.208. The molecule has 148 valence electrons. The molecular weight excluding hydrogens is 399 g/mol. The van der Waals surface area contributed by atoms with Crippen LogP contribution in [0.2, 0.25) is 0 Å². The third-order valence-corrected chi connectivity index (χ3v) is 6.28. The van der Waals surface area contributed by atoms with Gasteiger partial charge in [-0.25, -0.2) is 9.97 Å². The lowest BCUT2D eigenvalue weighted by molar-refractivity contribution is 0.657. The van der Waals surface area contributed by atoms with Gasteiger partial charge >= 0.3 is 0 Å². The van der Waals surface area contributed by atoms with E-state index in [0.717, 1.165) is 69.0 Å². The number of pyridine rings is 1. The summed E-state index contributed by atoms with van der Waals surface area (Å²) in [5.41, 5.74) is 7.12. The molecule has 0 unspecified atom stereocenters. The number of fused-ring (bicyclic) bond motifs is 2. The minimum Gasteiger partial charge on any atom is -0.336 e. The summed E-state index contributed by atoms with van der Waals surface area (Å²) in [4.78, 5) is 13.9. The highest BCUT2D eigenvalue weighted by atomic mass is 32.1. The number of nitrogens with one attached hydrogen (secondary N) is 3. The molecule has 1 aromatic carbocycles. The molecule has 0 aliphatic carbocycles. The molecule has 5 heterocycles. The monoisotopic (exact) mass is 416 g/mol. The van der Waals surface area contributed by atoms with Crippen LogP contribution >= 0.6 is 11.3 Å². The van der Waals surface area contributed by atoms with Crippen molar-refractivity contribution in [3.05, 3.63) is 59.4 Å². The van der Waals surface area contributed by atoms with Gasteiger partial charge < -0.3 is 10.3 Å². The molecule has 6 nitrogen and oxygen atoms in total. The Morgan fingerprint density at radius 2 is 1.93 bits per heavy atom. The first-order chi connectivity index (χ1) is 14.8. The number of nitrogens with zero attached hydrogens (tertiary/aromatic N) is 3. The molecule has 0 saturated heterocycles. The van der Waals surface area contributed by atoms with Crippen molar-refractivity contribution in [2.75, 3.05) is 13.1 Å². The summed E-state index contributed by atoms with van der Waals surface area (Å²) in [5, 5.41) is 10.7. The van der Waals surface area contributed by atoms with Crippen LogP contribution in [0.4, 0.5) is 4.39 Å². The van der Waals surface area contributed by atoms with Crippen molar-refractivity contribution in [1.82, 2.24) is 30.5 Å². The van der Waals surface area contributed by atoms with Crippen molar-refractivity contribution in [2.45, 2.75) is 6.42 Å². The van der Waals surface area contributed by atoms with Crippen LogP contribution in [0, 0.1) is 5.13 Å². The maximum Gasteiger partial charge on any atom is 0.176 e. The van der Waals surface area contributed by atoms with Gasteiger partial charge in [-0.1, -0.05) is 18.2 Å². The van der Waals surface area contributed by atoms with E-state index >= 15 is 0 Å². The summed E-state index contributed by atoms with van der Waals surface area (Å²) < 4.78 is 13.6. The van der Waals surface area contributed by atoms with E-state index in [1.807, 2.05) is 30.3 Å². The predicted molar refractivity (Wildman–Crippen MR) is 118 cm³/mol. The average molecular weight is 416 g/mol. The predicted octanol–water partition coefficient (Wildman–Crippen LogP) is 4.75. The lowest BCUT2D eigenvalue weighted by Crippen LogP contribution is -2.20. The Morgan fingerprint density at radius 3 is 2.77 bits per heavy atom. The van der Waals surface area contributed by atoms with E-state index in [1.165, 1.54) is 11.6 Å². The molecule has 0 amide bonds. The number of thiophene rings is 1. The number of rotatable bonds is 3. The van der Waals surface area contributed by atoms with Gasteiger partial charge in [0, 0.05) is 17.0 Å². The summed E-state index contributed by atoms with van der Waals surface area (Å²) >= 11 is 1.12. The quantitative estimate of drug-likeness (QED) is 0.397. The Morgan fingerprint density at radius 1 is 0.967 bits per heavy atom. The average Bonchev–Trinajstić information content (AvgIpc) is 3.51. The number of aromatic amines is 2. The van der Waals surface area contributed by atoms with Crippen LogP contribution in [0.3, 0.4) is 0 Å². The normalized spacial score (nSPS) is 14.5. The molecule has 0 spiro atoms. The Hall–Kier alpha value is -3.36. The SMILES string of the molecule is Fc1ccc(-c2cccc3[nH]c(-c4n[nH]c5ccc(C6=CCNCC6)nc45)nc23)s1. The second kappa shape index (κ2) is 6.86. The molecule has 30 heavy (non-hydrogen) atoms. The number of hydrogen-bond donors (Lipinski definition) is 3. The number of para-hydroxylation sites is 1. The Labute approximate surface area is 174 Å². The Bertz CT molecular complexity index is 1430. The third-order valence-electron chi connectivity index (χ3n) is 5.38. The van der Waals surface area contributed by atoms with Gasteiger partial charge in [0.25, 0.3) is 0 Å². The molecule has 0 radical (unpaired) electrons. The topological polar surface area (TPSA) is 82.3 Å². The maximum absolute atomic E-state index is 13.6. The van der Waals surface area contributed by atoms with Crippen LogP contribution in [-0.2, 0) is 0 Å². The van der Waals surface area contributed by atoms with E-state index in [9.17, 15) is 4.39 Å². The zero-order valence-corrected chi connectivity index (χ0v) is 16.7. The zero-order chi connectivity index (χ0) is 20.1. The summed E-state index contributed by atoms with van der Waals surface area (Å²) in [6.45, 7) is 1.82. The number of hydrogen-bond acceptors (Lipinski definition) is 5. The summed E-state index contributed by atoms with van der Waals surface area (Å²) in [7, 11) is 0. The number of aromatic nitrogens is 5. The van der Waals surface area contributed by atoms with Gasteiger partial charge in [0.15, 0.2) is 16.6 Å². The molecule has 0 atom stereocenters. The Kier molecular flexibility index (Phi) is 4.00. The summed E-state index contributed by atoms with van der Waals surface area (Å²) in [5.74, 6) is 0.643. The van der Waals surface area contributed by atoms with E-state index in [0.29, 0.717) is 11.5 Å². The third kappa shape index (κ3) is 2.84. The maximum atomic E-state index is 13.6. The van der Waals surface area contributed by atoms with E-state index in [2.05, 4.69) is 26.6 Å². The van der Waals surface area contributed by atoms with Gasteiger partial charge in [-0.05, 0) is 48.9 Å². The van der Waals surface area contributed by atoms with Crippen molar-refractivity contribution < 1.29 is 4.39 Å². The second-order valence-electron chi connectivity index (χ2n) is 7.24. The molecule has 4 aromatic heterocycles. The van der Waals surface area contributed by atoms with E-state index in [-0.39, 0.29) is 5.13 Å². The highest BCUT2D eigenvalue weighted by Gasteiger charge is 2.18. The standard InChI is InChI=1S/C22H17FN6S/c23-18-7-6-17(30-18)13-2-1-3-15-19(13)27-22(26-15)21-20-16(28-29-21)5-4-14(25-20)12-8-10-24-11-9-12/h1-8,24H,9-11H2,(H,26,27)(H,28,29). The highest BCUT2D eigenvalue weighted by molar-refractivity contribution is 7.14. The van der Waals surface area contributed by atoms with Crippen molar-refractivity contribution in [3.8, 4) is 22.0 Å². The number of imidazole rings is 1. The molecule has 1 aliphatic heterocycles. The molecule has 6 rings (SSSR count). The highest BCUT2D eigenvalue weighted by Crippen LogP contribution is 2.34. The Balaban J connectivity index is 1.49. The summed E-state index contributed by atoms with van der Waals surface area (Å²) in [6.07, 6.45) is 3.14. The largest absolute Gasteiger partial charge is 0.336 e. The van der Waals surface area contributed by atoms with Crippen molar-refractivity contribution >= 4 is 39.0 Å². The first-order valence-corrected chi connectivity index (χ1v) is 10.6. The molecule has 1 aliphatic rings. The molecule has 0 saturated carbocycles. The lowest BCUT2D eigenvalue weighted by Gasteiger charge is -2.13. The van der Waals surface area contributed by atoms with E-state index in [1.54, 1.807) is 6.07 Å². The molecule has 3 N–H and O–H groups in total. The van der Waals surface area contributed by atoms with Gasteiger partial charge in [0.1, 0.15) is 5.52 Å². The van der Waals surface area contributed by atoms with Crippen LogP contribution in [0.1, 0.15) is 12.1 Å². The van der Waals surface area contributed by atoms with Crippen LogP contribution in [0.25, 0.3) is 49.6 Å². The van der Waals surface area contributed by atoms with Gasteiger partial charge in [-0.3, -0.25) is 5.10 Å². The van der Waals surface area contributed by atoms with Crippen LogP contribution < -0.4 is 5.32 Å². The zero-order valence-electron chi connectivity index (χ0n) is 15.9. The van der Waals surface area contributed by atoms with Gasteiger partial charge in [0.05, 0.1) is 22.2 Å². The smallest absolute Gasteiger partial charge is 0.176 e. The molecular formula is C22H17FN6S. The van der Waals surface area contributed by atoms with Gasteiger partial charge in [0.2, 0.25) is 0 Å².